The third-order valence-electron chi connectivity index (χ3n) is 4.40. The lowest BCUT2D eigenvalue weighted by Gasteiger charge is -2.16. The highest BCUT2D eigenvalue weighted by Crippen LogP contribution is 2.29. The van der Waals surface area contributed by atoms with E-state index >= 15 is 0 Å². The average Bonchev–Trinajstić information content (AvgIpc) is 3.35. The summed E-state index contributed by atoms with van der Waals surface area (Å²) in [5, 5.41) is 3.33. The van der Waals surface area contributed by atoms with Crippen LogP contribution in [-0.2, 0) is 10.0 Å². The maximum atomic E-state index is 12.7. The van der Waals surface area contributed by atoms with Crippen molar-refractivity contribution in [1.82, 2.24) is 9.71 Å². The first-order chi connectivity index (χ1) is 13.5. The number of nitrogens with zero attached hydrogens (tertiary/aromatic N) is 2. The fraction of sp³-hybridized carbons (Fsp3) is 0.211. The second-order valence-corrected chi connectivity index (χ2v) is 9.37. The minimum absolute atomic E-state index is 0.145. The molecule has 0 aliphatic carbocycles. The van der Waals surface area contributed by atoms with Crippen LogP contribution in [0.2, 0.25) is 5.02 Å². The summed E-state index contributed by atoms with van der Waals surface area (Å²) >= 11 is 7.64. The lowest BCUT2D eigenvalue weighted by molar-refractivity contribution is 0.482. The van der Waals surface area contributed by atoms with Crippen LogP contribution in [0.3, 0.4) is 0 Å². The number of sulfonamides is 1. The molecule has 1 N–H and O–H groups in total. The predicted octanol–water partition coefficient (Wildman–Crippen LogP) is 4.15. The summed E-state index contributed by atoms with van der Waals surface area (Å²) in [7, 11) is -3.61. The van der Waals surface area contributed by atoms with Gasteiger partial charge in [-0.3, -0.25) is 0 Å². The molecular weight excluding hydrogens is 418 g/mol. The highest BCUT2D eigenvalue weighted by Gasteiger charge is 2.28. The Morgan fingerprint density at radius 2 is 1.96 bits per heavy atom. The minimum Gasteiger partial charge on any atom is -0.456 e. The molecule has 0 saturated carbocycles. The predicted molar refractivity (Wildman–Crippen MR) is 111 cm³/mol. The molecule has 1 fully saturated rings. The van der Waals surface area contributed by atoms with Crippen molar-refractivity contribution in [3.63, 3.8) is 0 Å². The van der Waals surface area contributed by atoms with E-state index in [4.69, 9.17) is 16.3 Å². The SMILES string of the molecule is O=S(=O)(N[C@@H]1CCN(c2nccs2)C1)c1ccc(Oc2ccccc2Cl)cc1. The third kappa shape index (κ3) is 4.30. The summed E-state index contributed by atoms with van der Waals surface area (Å²) in [4.78, 5) is 6.58. The molecule has 1 atom stereocenters. The van der Waals surface area contributed by atoms with E-state index in [1.807, 2.05) is 17.5 Å². The smallest absolute Gasteiger partial charge is 0.240 e. The van der Waals surface area contributed by atoms with Crippen molar-refractivity contribution in [3.05, 3.63) is 65.1 Å². The molecule has 9 heteroatoms. The molecule has 3 aromatic rings. The Hall–Kier alpha value is -2.13. The van der Waals surface area contributed by atoms with Gasteiger partial charge in [0.15, 0.2) is 5.13 Å². The zero-order valence-electron chi connectivity index (χ0n) is 14.8. The Kier molecular flexibility index (Phi) is 5.54. The maximum Gasteiger partial charge on any atom is 0.240 e. The van der Waals surface area contributed by atoms with Crippen molar-refractivity contribution in [2.75, 3.05) is 18.0 Å². The number of benzene rings is 2. The Labute approximate surface area is 172 Å². The van der Waals surface area contributed by atoms with Gasteiger partial charge in [-0.1, -0.05) is 23.7 Å². The monoisotopic (exact) mass is 435 g/mol. The van der Waals surface area contributed by atoms with Gasteiger partial charge in [0.05, 0.1) is 9.92 Å². The zero-order chi connectivity index (χ0) is 19.6. The first-order valence-corrected chi connectivity index (χ1v) is 11.4. The Morgan fingerprint density at radius 3 is 2.68 bits per heavy atom. The fourth-order valence-electron chi connectivity index (χ4n) is 3.03. The molecule has 6 nitrogen and oxygen atoms in total. The highest BCUT2D eigenvalue weighted by molar-refractivity contribution is 7.89. The van der Waals surface area contributed by atoms with E-state index in [0.717, 1.165) is 18.1 Å². The normalized spacial score (nSPS) is 17.0. The number of aromatic nitrogens is 1. The average molecular weight is 436 g/mol. The number of rotatable bonds is 6. The molecule has 0 bridgehead atoms. The zero-order valence-corrected chi connectivity index (χ0v) is 17.2. The van der Waals surface area contributed by atoms with Crippen LogP contribution in [0, 0.1) is 0 Å². The van der Waals surface area contributed by atoms with Crippen molar-refractivity contribution in [2.45, 2.75) is 17.4 Å². The van der Waals surface area contributed by atoms with E-state index in [1.165, 1.54) is 12.1 Å². The van der Waals surface area contributed by atoms with Gasteiger partial charge >= 0.3 is 0 Å². The molecular formula is C19H18ClN3O3S2. The summed E-state index contributed by atoms with van der Waals surface area (Å²) < 4.78 is 33.9. The minimum atomic E-state index is -3.61. The lowest BCUT2D eigenvalue weighted by atomic mass is 10.3. The summed E-state index contributed by atoms with van der Waals surface area (Å²) in [6, 6.07) is 13.3. The van der Waals surface area contributed by atoms with Crippen LogP contribution in [0.4, 0.5) is 5.13 Å². The van der Waals surface area contributed by atoms with Gasteiger partial charge in [-0.25, -0.2) is 18.1 Å². The van der Waals surface area contributed by atoms with Crippen LogP contribution in [0.5, 0.6) is 11.5 Å². The van der Waals surface area contributed by atoms with Crippen LogP contribution in [0.1, 0.15) is 6.42 Å². The first-order valence-electron chi connectivity index (χ1n) is 8.70. The van der Waals surface area contributed by atoms with Crippen molar-refractivity contribution < 1.29 is 13.2 Å². The van der Waals surface area contributed by atoms with Crippen molar-refractivity contribution >= 4 is 38.1 Å². The van der Waals surface area contributed by atoms with Crippen molar-refractivity contribution in [1.29, 1.82) is 0 Å². The molecule has 2 aromatic carbocycles. The van der Waals surface area contributed by atoms with Gasteiger partial charge in [0.2, 0.25) is 10.0 Å². The number of anilines is 1. The van der Waals surface area contributed by atoms with Crippen LogP contribution in [0.15, 0.2) is 65.0 Å². The van der Waals surface area contributed by atoms with E-state index in [0.29, 0.717) is 23.1 Å². The Balaban J connectivity index is 1.41. The number of halogens is 1. The van der Waals surface area contributed by atoms with Gasteiger partial charge in [0.25, 0.3) is 0 Å². The molecule has 1 aliphatic rings. The first kappa shape index (κ1) is 19.2. The second kappa shape index (κ2) is 8.08. The molecule has 1 saturated heterocycles. The summed E-state index contributed by atoms with van der Waals surface area (Å²) in [6.45, 7) is 1.39. The summed E-state index contributed by atoms with van der Waals surface area (Å²) in [5.41, 5.74) is 0. The number of hydrogen-bond acceptors (Lipinski definition) is 6. The highest BCUT2D eigenvalue weighted by atomic mass is 35.5. The van der Waals surface area contributed by atoms with Crippen LogP contribution in [0.25, 0.3) is 0 Å². The molecule has 146 valence electrons. The molecule has 0 spiro atoms. The number of nitrogens with one attached hydrogen (secondary N) is 1. The van der Waals surface area contributed by atoms with Crippen LogP contribution < -0.4 is 14.4 Å². The fourth-order valence-corrected chi connectivity index (χ4v) is 5.15. The second-order valence-electron chi connectivity index (χ2n) is 6.37. The molecule has 0 amide bonds. The molecule has 28 heavy (non-hydrogen) atoms. The Bertz CT molecular complexity index is 1040. The number of thiazole rings is 1. The quantitative estimate of drug-likeness (QED) is 0.629. The summed E-state index contributed by atoms with van der Waals surface area (Å²) in [5.74, 6) is 1.04. The molecule has 4 rings (SSSR count). The van der Waals surface area contributed by atoms with Crippen LogP contribution >= 0.6 is 22.9 Å². The van der Waals surface area contributed by atoms with Gasteiger partial charge < -0.3 is 9.64 Å². The maximum absolute atomic E-state index is 12.7. The number of ether oxygens (including phenoxy) is 1. The Morgan fingerprint density at radius 1 is 1.18 bits per heavy atom. The summed E-state index contributed by atoms with van der Waals surface area (Å²) in [6.07, 6.45) is 2.50. The van der Waals surface area contributed by atoms with Gasteiger partial charge in [0, 0.05) is 30.7 Å². The standard InChI is InChI=1S/C19H18ClN3O3S2/c20-17-3-1-2-4-18(17)26-15-5-7-16(8-6-15)28(24,25)22-14-9-11-23(13-14)19-21-10-12-27-19/h1-8,10,12,14,22H,9,11,13H2/t14-/m1/s1. The van der Waals surface area contributed by atoms with E-state index in [9.17, 15) is 8.42 Å². The van der Waals surface area contributed by atoms with E-state index in [1.54, 1.807) is 41.8 Å². The van der Waals surface area contributed by atoms with Gasteiger partial charge in [-0.2, -0.15) is 0 Å². The van der Waals surface area contributed by atoms with Crippen molar-refractivity contribution in [2.24, 2.45) is 0 Å². The van der Waals surface area contributed by atoms with E-state index in [2.05, 4.69) is 14.6 Å². The molecule has 2 heterocycles. The van der Waals surface area contributed by atoms with Gasteiger partial charge in [-0.15, -0.1) is 11.3 Å². The number of hydrogen-bond donors (Lipinski definition) is 1. The number of para-hydroxylation sites is 1. The topological polar surface area (TPSA) is 71.5 Å². The van der Waals surface area contributed by atoms with Crippen molar-refractivity contribution in [3.8, 4) is 11.5 Å². The van der Waals surface area contributed by atoms with Crippen LogP contribution in [-0.4, -0.2) is 32.5 Å². The molecule has 1 aromatic heterocycles. The van der Waals surface area contributed by atoms with E-state index < -0.39 is 10.0 Å². The van der Waals surface area contributed by atoms with Gasteiger partial charge in [0.1, 0.15) is 11.5 Å². The molecule has 0 unspecified atom stereocenters. The third-order valence-corrected chi connectivity index (χ3v) is 7.08. The van der Waals surface area contributed by atoms with E-state index in [-0.39, 0.29) is 10.9 Å². The molecule has 0 radical (unpaired) electrons. The molecule has 1 aliphatic heterocycles. The largest absolute Gasteiger partial charge is 0.456 e. The van der Waals surface area contributed by atoms with Gasteiger partial charge in [-0.05, 0) is 42.8 Å². The lowest BCUT2D eigenvalue weighted by Crippen LogP contribution is -2.37.